The minimum absolute atomic E-state index is 0.0548. The molecule has 0 atom stereocenters. The third kappa shape index (κ3) is 4.43. The number of benzene rings is 3. The van der Waals surface area contributed by atoms with Gasteiger partial charge in [-0.3, -0.25) is 15.0 Å². The normalized spacial score (nSPS) is 14.6. The molecule has 0 saturated carbocycles. The summed E-state index contributed by atoms with van der Waals surface area (Å²) in [4.78, 5) is 25.1. The Hall–Kier alpha value is -4.06. The molecule has 0 bridgehead atoms. The van der Waals surface area contributed by atoms with E-state index >= 15 is 0 Å². The summed E-state index contributed by atoms with van der Waals surface area (Å²) in [7, 11) is 1.55. The second kappa shape index (κ2) is 8.75. The zero-order valence-electron chi connectivity index (χ0n) is 17.3. The Morgan fingerprint density at radius 1 is 0.935 bits per heavy atom. The van der Waals surface area contributed by atoms with Gasteiger partial charge in [0, 0.05) is 0 Å². The monoisotopic (exact) mass is 414 g/mol. The van der Waals surface area contributed by atoms with Gasteiger partial charge in [-0.25, -0.2) is 5.01 Å². The molecule has 156 valence electrons. The van der Waals surface area contributed by atoms with Gasteiger partial charge in [0.2, 0.25) is 0 Å². The molecule has 1 saturated heterocycles. The first kappa shape index (κ1) is 20.2. The van der Waals surface area contributed by atoms with E-state index in [1.807, 2.05) is 37.3 Å². The Morgan fingerprint density at radius 2 is 1.68 bits per heavy atom. The van der Waals surface area contributed by atoms with E-state index in [9.17, 15) is 9.59 Å². The summed E-state index contributed by atoms with van der Waals surface area (Å²) in [5.41, 5.74) is 6.15. The Bertz CT molecular complexity index is 1140. The highest BCUT2D eigenvalue weighted by atomic mass is 16.5. The summed E-state index contributed by atoms with van der Waals surface area (Å²) in [5, 5.41) is 1.24. The van der Waals surface area contributed by atoms with Crippen LogP contribution < -0.4 is 19.9 Å². The first-order valence-electron chi connectivity index (χ1n) is 9.84. The Labute approximate surface area is 180 Å². The van der Waals surface area contributed by atoms with Crippen molar-refractivity contribution < 1.29 is 19.1 Å². The minimum Gasteiger partial charge on any atom is -0.493 e. The van der Waals surface area contributed by atoms with Crippen molar-refractivity contribution in [2.24, 2.45) is 0 Å². The molecule has 2 amide bonds. The highest BCUT2D eigenvalue weighted by Crippen LogP contribution is 2.30. The van der Waals surface area contributed by atoms with Gasteiger partial charge in [-0.05, 0) is 48.4 Å². The average Bonchev–Trinajstić information content (AvgIpc) is 3.08. The van der Waals surface area contributed by atoms with Crippen LogP contribution in [0.4, 0.5) is 5.69 Å². The summed E-state index contributed by atoms with van der Waals surface area (Å²) < 4.78 is 11.3. The van der Waals surface area contributed by atoms with E-state index in [1.165, 1.54) is 10.6 Å². The topological polar surface area (TPSA) is 67.9 Å². The van der Waals surface area contributed by atoms with E-state index in [2.05, 4.69) is 5.43 Å². The third-order valence-corrected chi connectivity index (χ3v) is 4.92. The van der Waals surface area contributed by atoms with Crippen molar-refractivity contribution in [2.45, 2.75) is 13.5 Å². The van der Waals surface area contributed by atoms with Crippen molar-refractivity contribution in [1.82, 2.24) is 5.43 Å². The number of hydrogen-bond donors (Lipinski definition) is 1. The van der Waals surface area contributed by atoms with Gasteiger partial charge in [0.05, 0.1) is 12.8 Å². The fourth-order valence-electron chi connectivity index (χ4n) is 3.22. The van der Waals surface area contributed by atoms with Crippen LogP contribution in [-0.2, 0) is 16.2 Å². The number of nitrogens with zero attached hydrogens (tertiary/aromatic N) is 1. The molecule has 1 heterocycles. The lowest BCUT2D eigenvalue weighted by atomic mass is 10.1. The van der Waals surface area contributed by atoms with Crippen LogP contribution in [0.3, 0.4) is 0 Å². The molecule has 0 spiro atoms. The van der Waals surface area contributed by atoms with Crippen molar-refractivity contribution in [3.8, 4) is 11.5 Å². The molecular formula is C25H22N2O4. The summed E-state index contributed by atoms with van der Waals surface area (Å²) in [5.74, 6) is 0.243. The van der Waals surface area contributed by atoms with E-state index in [0.717, 1.165) is 5.56 Å². The zero-order chi connectivity index (χ0) is 21.8. The molecule has 1 aliphatic rings. The predicted octanol–water partition coefficient (Wildman–Crippen LogP) is 4.04. The number of aryl methyl sites for hydroxylation is 1. The average molecular weight is 414 g/mol. The lowest BCUT2D eigenvalue weighted by molar-refractivity contribution is -0.117. The number of hydrazine groups is 1. The highest BCUT2D eigenvalue weighted by molar-refractivity contribution is 6.31. The van der Waals surface area contributed by atoms with Crippen molar-refractivity contribution in [3.63, 3.8) is 0 Å². The van der Waals surface area contributed by atoms with Gasteiger partial charge in [0.1, 0.15) is 12.2 Å². The molecule has 3 aromatic rings. The summed E-state index contributed by atoms with van der Waals surface area (Å²) in [6.07, 6.45) is 1.55. The Balaban J connectivity index is 1.53. The second-order valence-electron chi connectivity index (χ2n) is 7.16. The predicted molar refractivity (Wildman–Crippen MR) is 119 cm³/mol. The van der Waals surface area contributed by atoms with Crippen LogP contribution in [0.5, 0.6) is 11.5 Å². The Morgan fingerprint density at radius 3 is 2.39 bits per heavy atom. The van der Waals surface area contributed by atoms with Crippen LogP contribution in [0.2, 0.25) is 0 Å². The molecule has 3 aromatic carbocycles. The molecule has 0 unspecified atom stereocenters. The maximum absolute atomic E-state index is 12.7. The smallest absolute Gasteiger partial charge is 0.282 e. The van der Waals surface area contributed by atoms with Crippen LogP contribution in [0.25, 0.3) is 6.08 Å². The van der Waals surface area contributed by atoms with Crippen LogP contribution >= 0.6 is 0 Å². The quantitative estimate of drug-likeness (QED) is 0.488. The van der Waals surface area contributed by atoms with E-state index in [1.54, 1.807) is 55.7 Å². The van der Waals surface area contributed by atoms with Gasteiger partial charge in [-0.2, -0.15) is 0 Å². The van der Waals surface area contributed by atoms with Gasteiger partial charge in [-0.15, -0.1) is 0 Å². The highest BCUT2D eigenvalue weighted by Gasteiger charge is 2.34. The van der Waals surface area contributed by atoms with Crippen molar-refractivity contribution >= 4 is 23.6 Å². The van der Waals surface area contributed by atoms with Crippen molar-refractivity contribution in [3.05, 3.63) is 95.1 Å². The molecule has 1 aliphatic heterocycles. The Kier molecular flexibility index (Phi) is 5.71. The third-order valence-electron chi connectivity index (χ3n) is 4.92. The van der Waals surface area contributed by atoms with Gasteiger partial charge in [-0.1, -0.05) is 54.1 Å². The van der Waals surface area contributed by atoms with Gasteiger partial charge in [0.25, 0.3) is 11.8 Å². The van der Waals surface area contributed by atoms with Crippen LogP contribution in [0.15, 0.2) is 78.4 Å². The summed E-state index contributed by atoms with van der Waals surface area (Å²) in [6, 6.07) is 22.4. The van der Waals surface area contributed by atoms with Gasteiger partial charge in [0.15, 0.2) is 11.5 Å². The lowest BCUT2D eigenvalue weighted by Gasteiger charge is -2.14. The number of nitrogens with one attached hydrogen (secondary N) is 1. The first-order valence-corrected chi connectivity index (χ1v) is 9.84. The fraction of sp³-hybridized carbons (Fsp3) is 0.120. The van der Waals surface area contributed by atoms with E-state index < -0.39 is 11.8 Å². The molecule has 4 rings (SSSR count). The second-order valence-corrected chi connectivity index (χ2v) is 7.16. The van der Waals surface area contributed by atoms with E-state index in [-0.39, 0.29) is 5.57 Å². The number of carbonyl (C=O) groups excluding carboxylic acids is 2. The van der Waals surface area contributed by atoms with E-state index in [0.29, 0.717) is 29.4 Å². The lowest BCUT2D eigenvalue weighted by Crippen LogP contribution is -2.35. The molecule has 31 heavy (non-hydrogen) atoms. The van der Waals surface area contributed by atoms with Crippen molar-refractivity contribution in [2.75, 3.05) is 12.1 Å². The number of anilines is 1. The number of carbonyl (C=O) groups is 2. The van der Waals surface area contributed by atoms with Crippen LogP contribution in [0.1, 0.15) is 16.7 Å². The SMILES string of the molecule is COc1cc(/C=C2/C(=O)NN(c3ccccc3)C2=O)ccc1OCc1ccc(C)cc1. The minimum atomic E-state index is -0.451. The summed E-state index contributed by atoms with van der Waals surface area (Å²) in [6.45, 7) is 2.44. The number of amides is 2. The number of hydrogen-bond acceptors (Lipinski definition) is 4. The number of methoxy groups -OCH3 is 1. The maximum atomic E-state index is 12.7. The van der Waals surface area contributed by atoms with Gasteiger partial charge >= 0.3 is 0 Å². The number of rotatable bonds is 6. The van der Waals surface area contributed by atoms with Crippen molar-refractivity contribution in [1.29, 1.82) is 0 Å². The van der Waals surface area contributed by atoms with Crippen LogP contribution in [-0.4, -0.2) is 18.9 Å². The van der Waals surface area contributed by atoms with Gasteiger partial charge < -0.3 is 9.47 Å². The standard InChI is InChI=1S/C25H22N2O4/c1-17-8-10-18(11-9-17)16-31-22-13-12-19(15-23(22)30-2)14-21-24(28)26-27(25(21)29)20-6-4-3-5-7-20/h3-15H,16H2,1-2H3,(H,26,28)/b21-14-. The summed E-state index contributed by atoms with van der Waals surface area (Å²) >= 11 is 0. The fourth-order valence-corrected chi connectivity index (χ4v) is 3.22. The number of para-hydroxylation sites is 1. The number of ether oxygens (including phenoxy) is 2. The molecule has 1 N–H and O–H groups in total. The molecule has 6 nitrogen and oxygen atoms in total. The molecule has 6 heteroatoms. The molecular weight excluding hydrogens is 392 g/mol. The molecule has 1 fully saturated rings. The zero-order valence-corrected chi connectivity index (χ0v) is 17.3. The van der Waals surface area contributed by atoms with Crippen LogP contribution in [0, 0.1) is 6.92 Å². The molecule has 0 radical (unpaired) electrons. The largest absolute Gasteiger partial charge is 0.493 e. The molecule has 0 aromatic heterocycles. The maximum Gasteiger partial charge on any atom is 0.282 e. The first-order chi connectivity index (χ1) is 15.0. The van der Waals surface area contributed by atoms with E-state index in [4.69, 9.17) is 9.47 Å². The molecule has 0 aliphatic carbocycles.